The predicted molar refractivity (Wildman–Crippen MR) is 28.7 cm³/mol. The van der Waals surface area contributed by atoms with Gasteiger partial charge in [-0.1, -0.05) is 5.18 Å². The van der Waals surface area contributed by atoms with Crippen LogP contribution in [0.2, 0.25) is 0 Å². The molecule has 0 unspecified atom stereocenters. The minimum Gasteiger partial charge on any atom is -0.462 e. The number of nitrogens with zero attached hydrogens (tertiary/aromatic N) is 1. The average molecular weight is 133 g/mol. The van der Waals surface area contributed by atoms with Crippen LogP contribution < -0.4 is 0 Å². The number of aliphatic hydroxyl groups is 1. The van der Waals surface area contributed by atoms with Crippen molar-refractivity contribution in [3.8, 4) is 0 Å². The van der Waals surface area contributed by atoms with Crippen LogP contribution in [0.5, 0.6) is 0 Å². The molecular formula is C4H7NO4. The topological polar surface area (TPSA) is 76.0 Å². The minimum atomic E-state index is -0.737. The summed E-state index contributed by atoms with van der Waals surface area (Å²) in [5.41, 5.74) is 0. The zero-order valence-corrected chi connectivity index (χ0v) is 4.74. The molecule has 0 radical (unpaired) electrons. The van der Waals surface area contributed by atoms with E-state index in [1.807, 2.05) is 0 Å². The summed E-state index contributed by atoms with van der Waals surface area (Å²) in [5, 5.41) is 10.5. The lowest BCUT2D eigenvalue weighted by Crippen LogP contribution is -2.11. The lowest BCUT2D eigenvalue weighted by molar-refractivity contribution is -0.146. The molecule has 1 N–H and O–H groups in total. The lowest BCUT2D eigenvalue weighted by atomic mass is 10.7. The first-order valence-corrected chi connectivity index (χ1v) is 2.37. The van der Waals surface area contributed by atoms with Crippen molar-refractivity contribution in [3.63, 3.8) is 0 Å². The van der Waals surface area contributed by atoms with Crippen LogP contribution in [-0.2, 0) is 9.53 Å². The average Bonchev–Trinajstić information content (AvgIpc) is 1.89. The molecule has 0 fully saturated rings. The van der Waals surface area contributed by atoms with Gasteiger partial charge in [-0.05, 0) is 0 Å². The van der Waals surface area contributed by atoms with E-state index in [9.17, 15) is 9.70 Å². The summed E-state index contributed by atoms with van der Waals surface area (Å²) < 4.78 is 4.25. The third-order valence-electron chi connectivity index (χ3n) is 0.575. The van der Waals surface area contributed by atoms with Crippen molar-refractivity contribution in [3.05, 3.63) is 4.91 Å². The Labute approximate surface area is 51.6 Å². The fourth-order valence-electron chi connectivity index (χ4n) is 0.242. The Bertz CT molecular complexity index is 103. The molecule has 0 atom stereocenters. The van der Waals surface area contributed by atoms with Gasteiger partial charge in [0.25, 0.3) is 0 Å². The monoisotopic (exact) mass is 133 g/mol. The van der Waals surface area contributed by atoms with Gasteiger partial charge in [0.15, 0.2) is 0 Å². The van der Waals surface area contributed by atoms with Gasteiger partial charge in [-0.15, -0.1) is 0 Å². The quantitative estimate of drug-likeness (QED) is 0.312. The minimum absolute atomic E-state index is 0.0527. The molecule has 0 aliphatic carbocycles. The van der Waals surface area contributed by atoms with E-state index in [2.05, 4.69) is 9.91 Å². The Kier molecular flexibility index (Phi) is 4.61. The van der Waals surface area contributed by atoms with E-state index < -0.39 is 12.6 Å². The van der Waals surface area contributed by atoms with Crippen LogP contribution in [0.15, 0.2) is 5.18 Å². The van der Waals surface area contributed by atoms with Crippen LogP contribution in [0, 0.1) is 4.91 Å². The zero-order chi connectivity index (χ0) is 7.11. The highest BCUT2D eigenvalue weighted by atomic mass is 16.5. The molecule has 0 amide bonds. The molecule has 0 aliphatic heterocycles. The number of ether oxygens (including phenoxy) is 1. The Morgan fingerprint density at radius 2 is 2.33 bits per heavy atom. The maximum absolute atomic E-state index is 10.1. The molecule has 9 heavy (non-hydrogen) atoms. The maximum Gasteiger partial charge on any atom is 0.331 e. The second kappa shape index (κ2) is 5.17. The first-order valence-electron chi connectivity index (χ1n) is 2.37. The van der Waals surface area contributed by atoms with Crippen molar-refractivity contribution >= 4 is 5.97 Å². The van der Waals surface area contributed by atoms with Gasteiger partial charge in [0, 0.05) is 0 Å². The van der Waals surface area contributed by atoms with Gasteiger partial charge in [0.1, 0.15) is 19.8 Å². The van der Waals surface area contributed by atoms with Gasteiger partial charge in [0.2, 0.25) is 0 Å². The van der Waals surface area contributed by atoms with Crippen LogP contribution in [0.1, 0.15) is 0 Å². The van der Waals surface area contributed by atoms with Crippen molar-refractivity contribution in [2.24, 2.45) is 5.18 Å². The molecule has 52 valence electrons. The number of nitroso groups, excluding NO2 is 1. The Morgan fingerprint density at radius 1 is 1.67 bits per heavy atom. The first kappa shape index (κ1) is 8.03. The Hall–Kier alpha value is -0.970. The summed E-state index contributed by atoms with van der Waals surface area (Å²) >= 11 is 0. The number of rotatable bonds is 4. The largest absolute Gasteiger partial charge is 0.462 e. The highest BCUT2D eigenvalue weighted by Crippen LogP contribution is 1.76. The van der Waals surface area contributed by atoms with E-state index in [-0.39, 0.29) is 13.2 Å². The molecule has 5 nitrogen and oxygen atoms in total. The van der Waals surface area contributed by atoms with Crippen molar-refractivity contribution in [2.45, 2.75) is 0 Å². The van der Waals surface area contributed by atoms with Gasteiger partial charge >= 0.3 is 5.97 Å². The van der Waals surface area contributed by atoms with Gasteiger partial charge in [-0.2, -0.15) is 4.91 Å². The van der Waals surface area contributed by atoms with E-state index in [1.165, 1.54) is 0 Å². The number of aliphatic hydroxyl groups excluding tert-OH is 1. The molecule has 0 aromatic rings. The van der Waals surface area contributed by atoms with Crippen molar-refractivity contribution in [1.82, 2.24) is 0 Å². The smallest absolute Gasteiger partial charge is 0.331 e. The molecule has 0 spiro atoms. The van der Waals surface area contributed by atoms with Crippen LogP contribution in [0.4, 0.5) is 0 Å². The summed E-state index contributed by atoms with van der Waals surface area (Å²) in [6, 6.07) is 0. The zero-order valence-electron chi connectivity index (χ0n) is 4.74. The van der Waals surface area contributed by atoms with E-state index in [0.717, 1.165) is 0 Å². The lowest BCUT2D eigenvalue weighted by Gasteiger charge is -1.95. The summed E-state index contributed by atoms with van der Waals surface area (Å²) in [6.45, 7) is -0.770. The highest BCUT2D eigenvalue weighted by molar-refractivity contribution is 5.70. The molecule has 0 aromatic carbocycles. The summed E-state index contributed by atoms with van der Waals surface area (Å²) in [4.78, 5) is 19.4. The van der Waals surface area contributed by atoms with Crippen molar-refractivity contribution in [2.75, 3.05) is 19.8 Å². The van der Waals surface area contributed by atoms with E-state index in [0.29, 0.717) is 0 Å². The number of esters is 1. The summed E-state index contributed by atoms with van der Waals surface area (Å²) in [6.07, 6.45) is 0. The second-order valence-corrected chi connectivity index (χ2v) is 1.23. The standard InChI is InChI=1S/C4H7NO4/c6-3-4(7)9-2-1-5-8/h6H,1-3H2. The van der Waals surface area contributed by atoms with Crippen LogP contribution in [0.25, 0.3) is 0 Å². The molecule has 5 heteroatoms. The Morgan fingerprint density at radius 3 is 2.78 bits per heavy atom. The van der Waals surface area contributed by atoms with E-state index in [4.69, 9.17) is 5.11 Å². The van der Waals surface area contributed by atoms with E-state index in [1.54, 1.807) is 0 Å². The highest BCUT2D eigenvalue weighted by Gasteiger charge is 1.96. The normalized spacial score (nSPS) is 8.56. The fraction of sp³-hybridized carbons (Fsp3) is 0.750. The molecule has 0 saturated heterocycles. The van der Waals surface area contributed by atoms with Crippen LogP contribution in [0.3, 0.4) is 0 Å². The fourth-order valence-corrected chi connectivity index (χ4v) is 0.242. The first-order chi connectivity index (χ1) is 4.31. The molecule has 0 heterocycles. The molecule has 0 bridgehead atoms. The SMILES string of the molecule is O=NCCOC(=O)CO. The van der Waals surface area contributed by atoms with Crippen molar-refractivity contribution < 1.29 is 14.6 Å². The predicted octanol–water partition coefficient (Wildman–Crippen LogP) is -0.712. The van der Waals surface area contributed by atoms with Crippen LogP contribution in [-0.4, -0.2) is 30.8 Å². The number of carbonyl (C=O) groups is 1. The van der Waals surface area contributed by atoms with Crippen molar-refractivity contribution in [1.29, 1.82) is 0 Å². The Balaban J connectivity index is 3.06. The second-order valence-electron chi connectivity index (χ2n) is 1.23. The third-order valence-corrected chi connectivity index (χ3v) is 0.575. The molecule has 0 saturated carbocycles. The van der Waals surface area contributed by atoms with Gasteiger partial charge in [-0.3, -0.25) is 0 Å². The van der Waals surface area contributed by atoms with Gasteiger partial charge in [0.05, 0.1) is 0 Å². The molecule has 0 rings (SSSR count). The summed E-state index contributed by atoms with van der Waals surface area (Å²) in [5.74, 6) is -0.737. The number of hydrogen-bond acceptors (Lipinski definition) is 5. The summed E-state index contributed by atoms with van der Waals surface area (Å²) in [7, 11) is 0. The van der Waals surface area contributed by atoms with Crippen LogP contribution >= 0.6 is 0 Å². The van der Waals surface area contributed by atoms with E-state index >= 15 is 0 Å². The van der Waals surface area contributed by atoms with Gasteiger partial charge in [-0.25, -0.2) is 4.79 Å². The molecular weight excluding hydrogens is 126 g/mol. The molecule has 0 aromatic heterocycles. The van der Waals surface area contributed by atoms with Gasteiger partial charge < -0.3 is 9.84 Å². The third kappa shape index (κ3) is 4.89. The molecule has 0 aliphatic rings. The maximum atomic E-state index is 10.1. The number of carbonyl (C=O) groups excluding carboxylic acids is 1. The number of hydrogen-bond donors (Lipinski definition) is 1.